The SMILES string of the molecule is CSCC(C)NS(=O)(=O)c1cnn(CCNC(C)C)c1. The second-order valence-electron chi connectivity index (χ2n) is 5.03. The zero-order valence-electron chi connectivity index (χ0n) is 12.5. The number of nitrogens with zero attached hydrogens (tertiary/aromatic N) is 2. The van der Waals surface area contributed by atoms with Crippen molar-refractivity contribution in [1.29, 1.82) is 0 Å². The molecule has 1 aromatic heterocycles. The molecule has 0 aliphatic heterocycles. The third-order valence-electron chi connectivity index (χ3n) is 2.59. The normalized spacial score (nSPS) is 13.8. The maximum atomic E-state index is 12.1. The average Bonchev–Trinajstić information content (AvgIpc) is 2.77. The smallest absolute Gasteiger partial charge is 0.243 e. The van der Waals surface area contributed by atoms with Crippen molar-refractivity contribution < 1.29 is 8.42 Å². The predicted molar refractivity (Wildman–Crippen MR) is 83.5 cm³/mol. The Morgan fingerprint density at radius 3 is 2.70 bits per heavy atom. The average molecular weight is 320 g/mol. The second-order valence-corrected chi connectivity index (χ2v) is 7.65. The fraction of sp³-hybridized carbons (Fsp3) is 0.750. The van der Waals surface area contributed by atoms with Crippen LogP contribution >= 0.6 is 11.8 Å². The van der Waals surface area contributed by atoms with Gasteiger partial charge in [0.25, 0.3) is 0 Å². The highest BCUT2D eigenvalue weighted by Gasteiger charge is 2.18. The van der Waals surface area contributed by atoms with Crippen molar-refractivity contribution in [3.05, 3.63) is 12.4 Å². The van der Waals surface area contributed by atoms with Crippen LogP contribution in [0.1, 0.15) is 20.8 Å². The highest BCUT2D eigenvalue weighted by molar-refractivity contribution is 7.98. The molecular weight excluding hydrogens is 296 g/mol. The van der Waals surface area contributed by atoms with E-state index in [0.717, 1.165) is 12.3 Å². The fourth-order valence-electron chi connectivity index (χ4n) is 1.69. The van der Waals surface area contributed by atoms with Gasteiger partial charge in [0.1, 0.15) is 4.90 Å². The maximum Gasteiger partial charge on any atom is 0.243 e. The first-order valence-electron chi connectivity index (χ1n) is 6.62. The van der Waals surface area contributed by atoms with Crippen molar-refractivity contribution in [3.63, 3.8) is 0 Å². The van der Waals surface area contributed by atoms with Gasteiger partial charge in [0.15, 0.2) is 0 Å². The molecule has 0 radical (unpaired) electrons. The molecule has 6 nitrogen and oxygen atoms in total. The molecule has 0 saturated heterocycles. The Kier molecular flexibility index (Phi) is 7.01. The lowest BCUT2D eigenvalue weighted by atomic mass is 10.4. The van der Waals surface area contributed by atoms with Crippen molar-refractivity contribution in [3.8, 4) is 0 Å². The van der Waals surface area contributed by atoms with Gasteiger partial charge in [-0.05, 0) is 13.2 Å². The van der Waals surface area contributed by atoms with E-state index in [9.17, 15) is 8.42 Å². The van der Waals surface area contributed by atoms with E-state index in [1.54, 1.807) is 22.6 Å². The molecular formula is C12H24N4O2S2. The summed E-state index contributed by atoms with van der Waals surface area (Å²) in [6, 6.07) is 0.309. The molecule has 0 saturated carbocycles. The molecule has 2 N–H and O–H groups in total. The van der Waals surface area contributed by atoms with Gasteiger partial charge in [-0.2, -0.15) is 16.9 Å². The monoisotopic (exact) mass is 320 g/mol. The van der Waals surface area contributed by atoms with Gasteiger partial charge in [-0.15, -0.1) is 0 Å². The van der Waals surface area contributed by atoms with Gasteiger partial charge in [0.05, 0.1) is 12.7 Å². The van der Waals surface area contributed by atoms with E-state index in [-0.39, 0.29) is 10.9 Å². The lowest BCUT2D eigenvalue weighted by Gasteiger charge is -2.11. The quantitative estimate of drug-likeness (QED) is 0.707. The zero-order chi connectivity index (χ0) is 15.2. The van der Waals surface area contributed by atoms with E-state index in [4.69, 9.17) is 0 Å². The van der Waals surface area contributed by atoms with Crippen molar-refractivity contribution in [2.75, 3.05) is 18.6 Å². The first-order valence-corrected chi connectivity index (χ1v) is 9.50. The fourth-order valence-corrected chi connectivity index (χ4v) is 3.57. The third kappa shape index (κ3) is 5.82. The molecule has 116 valence electrons. The molecule has 0 fully saturated rings. The first-order chi connectivity index (χ1) is 9.35. The topological polar surface area (TPSA) is 76.0 Å². The maximum absolute atomic E-state index is 12.1. The van der Waals surface area contributed by atoms with Crippen LogP contribution in [0, 0.1) is 0 Å². The van der Waals surface area contributed by atoms with E-state index >= 15 is 0 Å². The van der Waals surface area contributed by atoms with E-state index in [0.29, 0.717) is 12.6 Å². The lowest BCUT2D eigenvalue weighted by molar-refractivity contribution is 0.514. The number of sulfonamides is 1. The number of aromatic nitrogens is 2. The number of rotatable bonds is 9. The molecule has 20 heavy (non-hydrogen) atoms. The molecule has 0 aliphatic rings. The van der Waals surface area contributed by atoms with E-state index in [2.05, 4.69) is 29.0 Å². The van der Waals surface area contributed by atoms with Crippen molar-refractivity contribution in [2.45, 2.75) is 44.3 Å². The van der Waals surface area contributed by atoms with Crippen LogP contribution in [0.4, 0.5) is 0 Å². The van der Waals surface area contributed by atoms with Crippen LogP contribution in [-0.2, 0) is 16.6 Å². The summed E-state index contributed by atoms with van der Waals surface area (Å²) in [5.41, 5.74) is 0. The zero-order valence-corrected chi connectivity index (χ0v) is 14.1. The van der Waals surface area contributed by atoms with Crippen molar-refractivity contribution >= 4 is 21.8 Å². The molecule has 0 amide bonds. The van der Waals surface area contributed by atoms with Gasteiger partial charge in [0.2, 0.25) is 10.0 Å². The molecule has 1 unspecified atom stereocenters. The van der Waals surface area contributed by atoms with Crippen LogP contribution in [0.3, 0.4) is 0 Å². The minimum Gasteiger partial charge on any atom is -0.313 e. The summed E-state index contributed by atoms with van der Waals surface area (Å²) in [7, 11) is -3.47. The van der Waals surface area contributed by atoms with Crippen LogP contribution in [0.25, 0.3) is 0 Å². The molecule has 1 rings (SSSR count). The Balaban J connectivity index is 2.61. The molecule has 1 aromatic rings. The number of hydrogen-bond acceptors (Lipinski definition) is 5. The summed E-state index contributed by atoms with van der Waals surface area (Å²) < 4.78 is 28.5. The van der Waals surface area contributed by atoms with Crippen LogP contribution in [0.2, 0.25) is 0 Å². The van der Waals surface area contributed by atoms with E-state index in [1.807, 2.05) is 13.2 Å². The predicted octanol–water partition coefficient (Wildman–Crippen LogP) is 0.911. The standard InChI is InChI=1S/C12H24N4O2S2/c1-10(2)13-5-6-16-8-12(7-14-16)20(17,18)15-11(3)9-19-4/h7-8,10-11,13,15H,5-6,9H2,1-4H3. The van der Waals surface area contributed by atoms with Gasteiger partial charge in [-0.3, -0.25) is 4.68 Å². The molecule has 0 bridgehead atoms. The number of thioether (sulfide) groups is 1. The summed E-state index contributed by atoms with van der Waals surface area (Å²) >= 11 is 1.61. The highest BCUT2D eigenvalue weighted by atomic mass is 32.2. The minimum atomic E-state index is -3.47. The Morgan fingerprint density at radius 1 is 1.40 bits per heavy atom. The molecule has 1 atom stereocenters. The number of hydrogen-bond donors (Lipinski definition) is 2. The van der Waals surface area contributed by atoms with Gasteiger partial charge in [-0.25, -0.2) is 13.1 Å². The summed E-state index contributed by atoms with van der Waals surface area (Å²) in [5.74, 6) is 0.742. The Labute approximate surface area is 125 Å². The minimum absolute atomic E-state index is 0.0963. The van der Waals surface area contributed by atoms with Crippen molar-refractivity contribution in [1.82, 2.24) is 19.8 Å². The van der Waals surface area contributed by atoms with E-state index < -0.39 is 10.0 Å². The molecule has 0 aliphatic carbocycles. The Hall–Kier alpha value is -0.570. The third-order valence-corrected chi connectivity index (χ3v) is 4.96. The van der Waals surface area contributed by atoms with Gasteiger partial charge >= 0.3 is 0 Å². The summed E-state index contributed by atoms with van der Waals surface area (Å²) in [5, 5.41) is 7.35. The first kappa shape index (κ1) is 17.5. The van der Waals surface area contributed by atoms with Gasteiger partial charge < -0.3 is 5.32 Å². The van der Waals surface area contributed by atoms with Gasteiger partial charge in [0, 0.05) is 30.6 Å². The molecule has 8 heteroatoms. The van der Waals surface area contributed by atoms with E-state index in [1.165, 1.54) is 6.20 Å². The molecule has 1 heterocycles. The summed E-state index contributed by atoms with van der Waals surface area (Å²) in [6.45, 7) is 7.39. The molecule has 0 aromatic carbocycles. The Bertz CT molecular complexity index is 499. The van der Waals surface area contributed by atoms with Crippen LogP contribution in [0.15, 0.2) is 17.3 Å². The second kappa shape index (κ2) is 8.02. The molecule has 0 spiro atoms. The van der Waals surface area contributed by atoms with Crippen molar-refractivity contribution in [2.24, 2.45) is 0 Å². The Morgan fingerprint density at radius 2 is 2.10 bits per heavy atom. The van der Waals surface area contributed by atoms with Crippen LogP contribution < -0.4 is 10.0 Å². The lowest BCUT2D eigenvalue weighted by Crippen LogP contribution is -2.34. The van der Waals surface area contributed by atoms with Gasteiger partial charge in [-0.1, -0.05) is 13.8 Å². The highest BCUT2D eigenvalue weighted by Crippen LogP contribution is 2.09. The van der Waals surface area contributed by atoms with Crippen LogP contribution in [-0.4, -0.2) is 48.8 Å². The summed E-state index contributed by atoms with van der Waals surface area (Å²) in [6.07, 6.45) is 4.91. The summed E-state index contributed by atoms with van der Waals surface area (Å²) in [4.78, 5) is 0.218. The largest absolute Gasteiger partial charge is 0.313 e. The van der Waals surface area contributed by atoms with Crippen LogP contribution in [0.5, 0.6) is 0 Å². The number of nitrogens with one attached hydrogen (secondary N) is 2.